The summed E-state index contributed by atoms with van der Waals surface area (Å²) in [7, 11) is 2.18. The van der Waals surface area contributed by atoms with Gasteiger partial charge in [-0.05, 0) is 62.5 Å². The van der Waals surface area contributed by atoms with E-state index in [4.69, 9.17) is 0 Å². The van der Waals surface area contributed by atoms with Crippen LogP contribution in [0.5, 0.6) is 0 Å². The van der Waals surface area contributed by atoms with Gasteiger partial charge in [-0.15, -0.1) is 0 Å². The number of fused-ring (bicyclic) bond motifs is 3. The standard InChI is InChI=1S/C22H31F3N4O/c1-27-8-10-28(11-9-27)14-18-15-29-7-6-17(18)12-20(29)13-26-21(30)16-2-4-19(5-3-16)22(23,24)25/h2-5,17-18,20H,6-15H2,1H3,(H,26,30). The summed E-state index contributed by atoms with van der Waals surface area (Å²) in [6, 6.07) is 4.74. The molecule has 166 valence electrons. The normalized spacial score (nSPS) is 30.4. The molecule has 5 nitrogen and oxygen atoms in total. The molecule has 0 aliphatic carbocycles. The molecular formula is C22H31F3N4O. The largest absolute Gasteiger partial charge is 0.416 e. The minimum Gasteiger partial charge on any atom is -0.350 e. The second-order valence-electron chi connectivity index (χ2n) is 9.08. The number of halogens is 3. The molecular weight excluding hydrogens is 393 g/mol. The first kappa shape index (κ1) is 21.6. The molecule has 0 saturated carbocycles. The highest BCUT2D eigenvalue weighted by Crippen LogP contribution is 2.36. The maximum absolute atomic E-state index is 12.7. The molecule has 8 heteroatoms. The highest BCUT2D eigenvalue weighted by Gasteiger charge is 2.40. The van der Waals surface area contributed by atoms with Gasteiger partial charge >= 0.3 is 6.18 Å². The van der Waals surface area contributed by atoms with Crippen molar-refractivity contribution in [2.75, 3.05) is 59.4 Å². The number of nitrogens with one attached hydrogen (secondary N) is 1. The molecule has 30 heavy (non-hydrogen) atoms. The number of amides is 1. The lowest BCUT2D eigenvalue weighted by Crippen LogP contribution is -2.59. The van der Waals surface area contributed by atoms with E-state index in [0.29, 0.717) is 24.4 Å². The van der Waals surface area contributed by atoms with Crippen LogP contribution in [0.2, 0.25) is 0 Å². The predicted octanol–water partition coefficient (Wildman–Crippen LogP) is 2.39. The van der Waals surface area contributed by atoms with Gasteiger partial charge in [0.2, 0.25) is 0 Å². The van der Waals surface area contributed by atoms with Gasteiger partial charge in [0.05, 0.1) is 5.56 Å². The van der Waals surface area contributed by atoms with E-state index in [-0.39, 0.29) is 11.5 Å². The van der Waals surface area contributed by atoms with Crippen LogP contribution in [0.1, 0.15) is 28.8 Å². The van der Waals surface area contributed by atoms with E-state index in [1.807, 2.05) is 0 Å². The second-order valence-corrected chi connectivity index (χ2v) is 9.08. The van der Waals surface area contributed by atoms with Crippen molar-refractivity contribution in [3.63, 3.8) is 0 Å². The molecule has 1 aromatic carbocycles. The van der Waals surface area contributed by atoms with E-state index in [1.54, 1.807) is 0 Å². The first-order valence-electron chi connectivity index (χ1n) is 10.9. The first-order valence-corrected chi connectivity index (χ1v) is 10.9. The Kier molecular flexibility index (Phi) is 6.36. The number of hydrogen-bond acceptors (Lipinski definition) is 4. The molecule has 0 aromatic heterocycles. The molecule has 2 bridgehead atoms. The molecule has 4 heterocycles. The van der Waals surface area contributed by atoms with E-state index >= 15 is 0 Å². The van der Waals surface area contributed by atoms with Crippen molar-refractivity contribution in [3.05, 3.63) is 35.4 Å². The van der Waals surface area contributed by atoms with Crippen molar-refractivity contribution < 1.29 is 18.0 Å². The van der Waals surface area contributed by atoms with E-state index in [0.717, 1.165) is 57.8 Å². The van der Waals surface area contributed by atoms with Gasteiger partial charge in [0.15, 0.2) is 0 Å². The molecule has 4 aliphatic rings. The van der Waals surface area contributed by atoms with Gasteiger partial charge < -0.3 is 15.1 Å². The van der Waals surface area contributed by atoms with Crippen LogP contribution < -0.4 is 5.32 Å². The number of rotatable bonds is 5. The Hall–Kier alpha value is -1.64. The van der Waals surface area contributed by atoms with Crippen LogP contribution in [-0.2, 0) is 6.18 Å². The summed E-state index contributed by atoms with van der Waals surface area (Å²) in [5.41, 5.74) is -0.465. The van der Waals surface area contributed by atoms with Crippen molar-refractivity contribution >= 4 is 5.91 Å². The monoisotopic (exact) mass is 424 g/mol. The van der Waals surface area contributed by atoms with Crippen molar-refractivity contribution in [1.82, 2.24) is 20.0 Å². The molecule has 5 rings (SSSR count). The van der Waals surface area contributed by atoms with Gasteiger partial charge in [0.25, 0.3) is 5.91 Å². The zero-order valence-corrected chi connectivity index (χ0v) is 17.5. The topological polar surface area (TPSA) is 38.8 Å². The van der Waals surface area contributed by atoms with E-state index in [9.17, 15) is 18.0 Å². The van der Waals surface area contributed by atoms with Crippen molar-refractivity contribution in [3.8, 4) is 0 Å². The van der Waals surface area contributed by atoms with Gasteiger partial charge in [-0.2, -0.15) is 13.2 Å². The minimum atomic E-state index is -4.38. The molecule has 0 radical (unpaired) electrons. The summed E-state index contributed by atoms with van der Waals surface area (Å²) in [6.45, 7) is 8.44. The van der Waals surface area contributed by atoms with Crippen molar-refractivity contribution in [2.24, 2.45) is 11.8 Å². The Balaban J connectivity index is 1.26. The van der Waals surface area contributed by atoms with Crippen LogP contribution >= 0.6 is 0 Å². The number of carbonyl (C=O) groups is 1. The lowest BCUT2D eigenvalue weighted by Gasteiger charge is -2.51. The van der Waals surface area contributed by atoms with Crippen molar-refractivity contribution in [1.29, 1.82) is 0 Å². The molecule has 4 fully saturated rings. The molecule has 4 saturated heterocycles. The van der Waals surface area contributed by atoms with E-state index in [2.05, 4.69) is 27.1 Å². The number of nitrogens with zero attached hydrogens (tertiary/aromatic N) is 3. The highest BCUT2D eigenvalue weighted by molar-refractivity contribution is 5.94. The van der Waals surface area contributed by atoms with Gasteiger partial charge in [-0.1, -0.05) is 0 Å². The fraction of sp³-hybridized carbons (Fsp3) is 0.682. The average Bonchev–Trinajstić information content (AvgIpc) is 2.74. The number of benzene rings is 1. The molecule has 0 spiro atoms. The number of likely N-dealkylation sites (N-methyl/N-ethyl adjacent to an activating group) is 1. The number of carbonyl (C=O) groups excluding carboxylic acids is 1. The molecule has 1 aromatic rings. The number of hydrogen-bond donors (Lipinski definition) is 1. The Labute approximate surface area is 176 Å². The summed E-state index contributed by atoms with van der Waals surface area (Å²) in [5.74, 6) is 1.09. The van der Waals surface area contributed by atoms with Gasteiger partial charge in [-0.3, -0.25) is 9.69 Å². The fourth-order valence-electron chi connectivity index (χ4n) is 5.15. The van der Waals surface area contributed by atoms with Gasteiger partial charge in [-0.25, -0.2) is 0 Å². The molecule has 1 N–H and O–H groups in total. The molecule has 1 amide bonds. The molecule has 4 atom stereocenters. The van der Waals surface area contributed by atoms with Crippen LogP contribution in [0.25, 0.3) is 0 Å². The third kappa shape index (κ3) is 4.98. The van der Waals surface area contributed by atoms with Gasteiger partial charge in [0, 0.05) is 57.4 Å². The summed E-state index contributed by atoms with van der Waals surface area (Å²) in [5, 5.41) is 2.94. The third-order valence-electron chi connectivity index (χ3n) is 7.08. The molecule has 4 aliphatic heterocycles. The van der Waals surface area contributed by atoms with Crippen molar-refractivity contribution in [2.45, 2.75) is 25.1 Å². The number of piperidine rings is 3. The zero-order chi connectivity index (χ0) is 21.3. The number of alkyl halides is 3. The molecule has 4 unspecified atom stereocenters. The summed E-state index contributed by atoms with van der Waals surface area (Å²) >= 11 is 0. The smallest absolute Gasteiger partial charge is 0.350 e. The average molecular weight is 425 g/mol. The highest BCUT2D eigenvalue weighted by atomic mass is 19.4. The zero-order valence-electron chi connectivity index (χ0n) is 17.5. The second kappa shape index (κ2) is 8.85. The van der Waals surface area contributed by atoms with Crippen LogP contribution in [0.15, 0.2) is 24.3 Å². The van der Waals surface area contributed by atoms with Crippen LogP contribution in [-0.4, -0.2) is 86.1 Å². The summed E-state index contributed by atoms with van der Waals surface area (Å²) in [4.78, 5) is 19.8. The van der Waals surface area contributed by atoms with Crippen LogP contribution in [0.3, 0.4) is 0 Å². The Morgan fingerprint density at radius 2 is 1.80 bits per heavy atom. The summed E-state index contributed by atoms with van der Waals surface area (Å²) < 4.78 is 38.1. The quantitative estimate of drug-likeness (QED) is 0.788. The Bertz CT molecular complexity index is 731. The Morgan fingerprint density at radius 3 is 2.40 bits per heavy atom. The third-order valence-corrected chi connectivity index (χ3v) is 7.08. The van der Waals surface area contributed by atoms with E-state index in [1.165, 1.54) is 25.1 Å². The van der Waals surface area contributed by atoms with Crippen LogP contribution in [0.4, 0.5) is 13.2 Å². The van der Waals surface area contributed by atoms with Gasteiger partial charge in [0.1, 0.15) is 0 Å². The number of piperazine rings is 1. The SMILES string of the molecule is CN1CCN(CC2CN3CCC2CC3CNC(=O)c2ccc(C(F)(F)F)cc2)CC1. The maximum atomic E-state index is 12.7. The lowest BCUT2D eigenvalue weighted by atomic mass is 9.75. The summed E-state index contributed by atoms with van der Waals surface area (Å²) in [6.07, 6.45) is -2.07. The predicted molar refractivity (Wildman–Crippen MR) is 109 cm³/mol. The van der Waals surface area contributed by atoms with E-state index < -0.39 is 11.7 Å². The fourth-order valence-corrected chi connectivity index (χ4v) is 5.15. The Morgan fingerprint density at radius 1 is 1.10 bits per heavy atom. The first-order chi connectivity index (χ1) is 14.3. The minimum absolute atomic E-state index is 0.270. The van der Waals surface area contributed by atoms with Crippen LogP contribution in [0, 0.1) is 11.8 Å². The lowest BCUT2D eigenvalue weighted by molar-refractivity contribution is -0.137. The maximum Gasteiger partial charge on any atom is 0.416 e.